The van der Waals surface area contributed by atoms with Crippen molar-refractivity contribution in [2.75, 3.05) is 19.8 Å². The van der Waals surface area contributed by atoms with Crippen LogP contribution in [0.3, 0.4) is 0 Å². The van der Waals surface area contributed by atoms with Crippen molar-refractivity contribution >= 4 is 0 Å². The average molecular weight is 397 g/mol. The fraction of sp³-hybridized carbons (Fsp3) is 1.00. The maximum absolute atomic E-state index is 5.99. The van der Waals surface area contributed by atoms with Gasteiger partial charge >= 0.3 is 0 Å². The summed E-state index contributed by atoms with van der Waals surface area (Å²) in [6, 6.07) is 0. The monoisotopic (exact) mass is 396 g/mol. The van der Waals surface area contributed by atoms with Crippen LogP contribution in [0.15, 0.2) is 0 Å². The van der Waals surface area contributed by atoms with E-state index in [0.29, 0.717) is 6.10 Å². The van der Waals surface area contributed by atoms with E-state index in [1.165, 1.54) is 64.2 Å². The molecule has 7 unspecified atom stereocenters. The largest absolute Gasteiger partial charge is 0.381 e. The molecule has 4 saturated carbocycles. The molecule has 0 N–H and O–H groups in total. The molecule has 168 valence electrons. The average Bonchev–Trinajstić information content (AvgIpc) is 3.42. The van der Waals surface area contributed by atoms with Crippen LogP contribution in [0.5, 0.6) is 0 Å². The standard InChI is InChI=1S/C13H22O.C11H22O.2CH4/c1-2-6-14-13-8-9-7-12(13)11-5-3-4-10(9)11;1-3-7-12-9-11-6-5-10(4-2)8-11;;/h9-13H,2-8H2,1H3;10-11H,3-9H2,1-2H3;2*1H4. The van der Waals surface area contributed by atoms with Crippen molar-refractivity contribution in [2.24, 2.45) is 35.5 Å². The van der Waals surface area contributed by atoms with Gasteiger partial charge in [0.05, 0.1) is 6.10 Å². The Bertz CT molecular complexity index is 396. The van der Waals surface area contributed by atoms with Gasteiger partial charge in [0.15, 0.2) is 0 Å². The predicted molar refractivity (Wildman–Crippen MR) is 123 cm³/mol. The van der Waals surface area contributed by atoms with Crippen molar-refractivity contribution in [1.82, 2.24) is 0 Å². The van der Waals surface area contributed by atoms with Gasteiger partial charge in [0.1, 0.15) is 0 Å². The van der Waals surface area contributed by atoms with Gasteiger partial charge in [0.25, 0.3) is 0 Å². The Morgan fingerprint density at radius 1 is 0.714 bits per heavy atom. The van der Waals surface area contributed by atoms with Gasteiger partial charge in [-0.1, -0.05) is 54.9 Å². The van der Waals surface area contributed by atoms with Crippen molar-refractivity contribution in [2.45, 2.75) is 112 Å². The highest BCUT2D eigenvalue weighted by atomic mass is 16.5. The van der Waals surface area contributed by atoms with Crippen LogP contribution in [0, 0.1) is 35.5 Å². The van der Waals surface area contributed by atoms with E-state index >= 15 is 0 Å². The molecule has 4 rings (SSSR count). The van der Waals surface area contributed by atoms with Crippen molar-refractivity contribution < 1.29 is 9.47 Å². The zero-order valence-electron chi connectivity index (χ0n) is 17.8. The predicted octanol–water partition coefficient (Wildman–Crippen LogP) is 7.75. The van der Waals surface area contributed by atoms with Crippen LogP contribution in [-0.4, -0.2) is 25.9 Å². The first-order chi connectivity index (χ1) is 12.8. The molecule has 4 aliphatic rings. The quantitative estimate of drug-likeness (QED) is 0.390. The summed E-state index contributed by atoms with van der Waals surface area (Å²) in [6.07, 6.45) is 16.1. The molecule has 28 heavy (non-hydrogen) atoms. The number of hydrogen-bond acceptors (Lipinski definition) is 2. The van der Waals surface area contributed by atoms with Crippen LogP contribution in [0.25, 0.3) is 0 Å². The molecule has 0 amide bonds. The van der Waals surface area contributed by atoms with E-state index in [1.807, 2.05) is 0 Å². The lowest BCUT2D eigenvalue weighted by Crippen LogP contribution is -2.30. The molecule has 0 aromatic heterocycles. The Hall–Kier alpha value is -0.0800. The molecular formula is C26H52O2. The summed E-state index contributed by atoms with van der Waals surface area (Å²) in [5.41, 5.74) is 0. The number of ether oxygens (including phenoxy) is 2. The summed E-state index contributed by atoms with van der Waals surface area (Å²) in [4.78, 5) is 0. The highest BCUT2D eigenvalue weighted by molar-refractivity contribution is 5.03. The Morgan fingerprint density at radius 2 is 1.43 bits per heavy atom. The number of rotatable bonds is 8. The fourth-order valence-corrected chi connectivity index (χ4v) is 6.56. The molecule has 2 bridgehead atoms. The normalized spacial score (nSPS) is 37.6. The molecular weight excluding hydrogens is 344 g/mol. The molecule has 4 fully saturated rings. The molecule has 0 radical (unpaired) electrons. The number of hydrogen-bond donors (Lipinski definition) is 0. The van der Waals surface area contributed by atoms with E-state index in [0.717, 1.165) is 61.7 Å². The molecule has 0 aliphatic heterocycles. The van der Waals surface area contributed by atoms with Crippen LogP contribution >= 0.6 is 0 Å². The summed E-state index contributed by atoms with van der Waals surface area (Å²) in [6.45, 7) is 9.65. The highest BCUT2D eigenvalue weighted by Crippen LogP contribution is 2.59. The van der Waals surface area contributed by atoms with Crippen LogP contribution in [-0.2, 0) is 9.47 Å². The lowest BCUT2D eigenvalue weighted by Gasteiger charge is -2.31. The van der Waals surface area contributed by atoms with Gasteiger partial charge in [-0.3, -0.25) is 0 Å². The van der Waals surface area contributed by atoms with Crippen LogP contribution in [0.1, 0.15) is 106 Å². The third kappa shape index (κ3) is 6.46. The van der Waals surface area contributed by atoms with Gasteiger partial charge in [0.2, 0.25) is 0 Å². The van der Waals surface area contributed by atoms with Crippen molar-refractivity contribution in [3.05, 3.63) is 0 Å². The van der Waals surface area contributed by atoms with Gasteiger partial charge in [-0.25, -0.2) is 0 Å². The fourth-order valence-electron chi connectivity index (χ4n) is 6.56. The molecule has 7 atom stereocenters. The molecule has 2 heteroatoms. The van der Waals surface area contributed by atoms with E-state index in [1.54, 1.807) is 0 Å². The second kappa shape index (κ2) is 13.3. The van der Waals surface area contributed by atoms with E-state index in [9.17, 15) is 0 Å². The minimum absolute atomic E-state index is 0. The van der Waals surface area contributed by atoms with Gasteiger partial charge < -0.3 is 9.47 Å². The third-order valence-corrected chi connectivity index (χ3v) is 7.83. The molecule has 4 aliphatic carbocycles. The summed E-state index contributed by atoms with van der Waals surface area (Å²) < 4.78 is 11.6. The molecule has 0 aromatic rings. The second-order valence-corrected chi connectivity index (χ2v) is 9.59. The third-order valence-electron chi connectivity index (χ3n) is 7.83. The van der Waals surface area contributed by atoms with Crippen LogP contribution in [0.2, 0.25) is 0 Å². The summed E-state index contributed by atoms with van der Waals surface area (Å²) >= 11 is 0. The van der Waals surface area contributed by atoms with Crippen molar-refractivity contribution in [3.63, 3.8) is 0 Å². The SMILES string of the molecule is C.C.CCCOC1CC2CC1C1CCCC21.CCCOCC1CCC(CC)C1. The molecule has 0 aromatic carbocycles. The first-order valence-electron chi connectivity index (χ1n) is 12.0. The maximum atomic E-state index is 5.99. The molecule has 0 saturated heterocycles. The van der Waals surface area contributed by atoms with E-state index in [2.05, 4.69) is 20.8 Å². The lowest BCUT2D eigenvalue weighted by atomic mass is 9.80. The zero-order valence-corrected chi connectivity index (χ0v) is 17.8. The lowest BCUT2D eigenvalue weighted by molar-refractivity contribution is -0.00985. The Kier molecular flexibility index (Phi) is 12.3. The Labute approximate surface area is 177 Å². The van der Waals surface area contributed by atoms with Gasteiger partial charge in [0, 0.05) is 19.8 Å². The molecule has 0 heterocycles. The molecule has 2 nitrogen and oxygen atoms in total. The second-order valence-electron chi connectivity index (χ2n) is 9.59. The highest BCUT2D eigenvalue weighted by Gasteiger charge is 2.54. The zero-order chi connectivity index (χ0) is 18.4. The summed E-state index contributed by atoms with van der Waals surface area (Å²) in [5, 5.41) is 0. The first kappa shape index (κ1) is 26.0. The van der Waals surface area contributed by atoms with Gasteiger partial charge in [-0.05, 0) is 86.9 Å². The van der Waals surface area contributed by atoms with Gasteiger partial charge in [-0.2, -0.15) is 0 Å². The Balaban J connectivity index is 0.000000265. The summed E-state index contributed by atoms with van der Waals surface area (Å²) in [5.74, 6) is 6.06. The maximum Gasteiger partial charge on any atom is 0.0608 e. The van der Waals surface area contributed by atoms with E-state index < -0.39 is 0 Å². The van der Waals surface area contributed by atoms with Crippen LogP contribution < -0.4 is 0 Å². The van der Waals surface area contributed by atoms with Crippen molar-refractivity contribution in [1.29, 1.82) is 0 Å². The minimum Gasteiger partial charge on any atom is -0.381 e. The Morgan fingerprint density at radius 3 is 2.11 bits per heavy atom. The topological polar surface area (TPSA) is 18.5 Å². The summed E-state index contributed by atoms with van der Waals surface area (Å²) in [7, 11) is 0. The molecule has 0 spiro atoms. The smallest absolute Gasteiger partial charge is 0.0608 e. The van der Waals surface area contributed by atoms with E-state index in [4.69, 9.17) is 9.47 Å². The number of fused-ring (bicyclic) bond motifs is 5. The van der Waals surface area contributed by atoms with Crippen molar-refractivity contribution in [3.8, 4) is 0 Å². The minimum atomic E-state index is 0. The van der Waals surface area contributed by atoms with E-state index in [-0.39, 0.29) is 14.9 Å². The van der Waals surface area contributed by atoms with Crippen LogP contribution in [0.4, 0.5) is 0 Å². The van der Waals surface area contributed by atoms with Gasteiger partial charge in [-0.15, -0.1) is 0 Å². The first-order valence-corrected chi connectivity index (χ1v) is 12.0.